The molecule has 1 saturated carbocycles. The van der Waals surface area contributed by atoms with Crippen molar-refractivity contribution in [3.8, 4) is 0 Å². The number of para-hydroxylation sites is 1. The SMILES string of the molecule is CCCCC(=O)NC1(C(=O)NC(Cc2ccccc2)C(=O)NC(CCC(=O)N=C(N)N)C(=O)NC(Cc2c[nH]c3ccccc23)C(=O)NCC(N)=O)CCC(c2ccccc2)CC1. The zero-order valence-corrected chi connectivity index (χ0v) is 35.5. The number of aromatic nitrogens is 1. The lowest BCUT2D eigenvalue weighted by molar-refractivity contribution is -0.138. The van der Waals surface area contributed by atoms with Crippen LogP contribution >= 0.6 is 0 Å². The summed E-state index contributed by atoms with van der Waals surface area (Å²) in [5, 5.41) is 14.6. The molecule has 0 saturated heterocycles. The smallest absolute Gasteiger partial charge is 0.248 e. The van der Waals surface area contributed by atoms with E-state index >= 15 is 0 Å². The molecule has 1 aliphatic carbocycles. The van der Waals surface area contributed by atoms with Gasteiger partial charge in [0.05, 0.1) is 6.54 Å². The highest BCUT2D eigenvalue weighted by Gasteiger charge is 2.44. The highest BCUT2D eigenvalue weighted by atomic mass is 16.2. The summed E-state index contributed by atoms with van der Waals surface area (Å²) < 4.78 is 0. The maximum Gasteiger partial charge on any atom is 0.248 e. The van der Waals surface area contributed by atoms with Crippen molar-refractivity contribution in [3.05, 3.63) is 108 Å². The van der Waals surface area contributed by atoms with E-state index in [0.29, 0.717) is 43.2 Å². The first-order valence-corrected chi connectivity index (χ1v) is 21.3. The van der Waals surface area contributed by atoms with E-state index in [2.05, 4.69) is 36.6 Å². The molecule has 3 aromatic carbocycles. The van der Waals surface area contributed by atoms with Crippen LogP contribution in [0, 0.1) is 0 Å². The van der Waals surface area contributed by atoms with Gasteiger partial charge in [-0.2, -0.15) is 4.99 Å². The summed E-state index contributed by atoms with van der Waals surface area (Å²) in [4.78, 5) is 101. The Balaban J connectivity index is 1.43. The van der Waals surface area contributed by atoms with E-state index in [0.717, 1.165) is 22.9 Å². The van der Waals surface area contributed by atoms with Crippen molar-refractivity contribution in [1.82, 2.24) is 31.6 Å². The van der Waals surface area contributed by atoms with Gasteiger partial charge in [0.15, 0.2) is 5.96 Å². The lowest BCUT2D eigenvalue weighted by Gasteiger charge is -2.40. The number of fused-ring (bicyclic) bond motifs is 1. The normalized spacial score (nSPS) is 17.3. The van der Waals surface area contributed by atoms with Crippen LogP contribution in [0.3, 0.4) is 0 Å². The van der Waals surface area contributed by atoms with Crippen molar-refractivity contribution in [1.29, 1.82) is 0 Å². The highest BCUT2D eigenvalue weighted by molar-refractivity contribution is 5.98. The molecule has 0 spiro atoms. The molecule has 7 amide bonds. The number of hydrogen-bond acceptors (Lipinski definition) is 7. The third-order valence-electron chi connectivity index (χ3n) is 11.3. The Morgan fingerprint density at radius 3 is 2.03 bits per heavy atom. The largest absolute Gasteiger partial charge is 0.370 e. The van der Waals surface area contributed by atoms with Gasteiger partial charge in [0.25, 0.3) is 0 Å². The number of rotatable bonds is 21. The number of nitrogens with two attached hydrogens (primary N) is 3. The number of carbonyl (C=O) groups is 7. The Morgan fingerprint density at radius 2 is 1.37 bits per heavy atom. The van der Waals surface area contributed by atoms with Gasteiger partial charge in [-0.05, 0) is 67.2 Å². The molecule has 5 rings (SSSR count). The molecule has 3 atom stereocenters. The summed E-state index contributed by atoms with van der Waals surface area (Å²) >= 11 is 0. The number of benzene rings is 3. The Hall–Kier alpha value is -7.04. The molecule has 17 nitrogen and oxygen atoms in total. The number of unbranched alkanes of at least 4 members (excludes halogenated alkanes) is 1. The number of primary amides is 1. The summed E-state index contributed by atoms with van der Waals surface area (Å²) in [5.74, 6) is -5.03. The molecule has 334 valence electrons. The van der Waals surface area contributed by atoms with Crippen LogP contribution in [-0.2, 0) is 46.4 Å². The molecule has 0 radical (unpaired) electrons. The average Bonchev–Trinajstić information content (AvgIpc) is 3.68. The molecule has 4 aromatic rings. The molecule has 1 aromatic heterocycles. The van der Waals surface area contributed by atoms with E-state index in [-0.39, 0.29) is 43.9 Å². The van der Waals surface area contributed by atoms with E-state index in [1.165, 1.54) is 0 Å². The van der Waals surface area contributed by atoms with Crippen LogP contribution in [0.15, 0.2) is 96.1 Å². The van der Waals surface area contributed by atoms with Crippen molar-refractivity contribution < 1.29 is 33.6 Å². The first-order valence-electron chi connectivity index (χ1n) is 21.3. The van der Waals surface area contributed by atoms with Crippen LogP contribution in [0.5, 0.6) is 0 Å². The topological polar surface area (TPSA) is 286 Å². The molecule has 1 aliphatic rings. The Morgan fingerprint density at radius 1 is 0.746 bits per heavy atom. The fraction of sp³-hybridized carbons (Fsp3) is 0.391. The van der Waals surface area contributed by atoms with Gasteiger partial charge in [-0.25, -0.2) is 0 Å². The lowest BCUT2D eigenvalue weighted by atomic mass is 9.73. The molecule has 1 heterocycles. The molecular formula is C46H58N10O7. The van der Waals surface area contributed by atoms with E-state index in [9.17, 15) is 33.6 Å². The van der Waals surface area contributed by atoms with Gasteiger partial charge >= 0.3 is 0 Å². The Bertz CT molecular complexity index is 2250. The second-order valence-electron chi connectivity index (χ2n) is 16.0. The average molecular weight is 863 g/mol. The van der Waals surface area contributed by atoms with E-state index in [1.807, 2.05) is 67.6 Å². The third kappa shape index (κ3) is 13.7. The Kier molecular flexibility index (Phi) is 16.9. The van der Waals surface area contributed by atoms with Crippen LogP contribution in [-0.4, -0.2) is 82.5 Å². The molecular weight excluding hydrogens is 805 g/mol. The first kappa shape index (κ1) is 47.0. The summed E-state index contributed by atoms with van der Waals surface area (Å²) in [5.41, 5.74) is 18.1. The van der Waals surface area contributed by atoms with Gasteiger partial charge in [0.1, 0.15) is 23.7 Å². The van der Waals surface area contributed by atoms with Crippen molar-refractivity contribution in [2.75, 3.05) is 6.54 Å². The minimum absolute atomic E-state index is 0.00486. The quantitative estimate of drug-likeness (QED) is 0.0437. The van der Waals surface area contributed by atoms with Gasteiger partial charge < -0.3 is 48.8 Å². The molecule has 3 unspecified atom stereocenters. The number of hydrogen-bond donors (Lipinski definition) is 9. The first-order chi connectivity index (χ1) is 30.3. The minimum atomic E-state index is -1.45. The fourth-order valence-electron chi connectivity index (χ4n) is 7.91. The van der Waals surface area contributed by atoms with Crippen LogP contribution in [0.25, 0.3) is 10.9 Å². The van der Waals surface area contributed by atoms with Crippen LogP contribution < -0.4 is 43.8 Å². The molecule has 63 heavy (non-hydrogen) atoms. The molecule has 1 fully saturated rings. The number of nitrogens with one attached hydrogen (secondary N) is 6. The molecule has 17 heteroatoms. The summed E-state index contributed by atoms with van der Waals surface area (Å²) in [6, 6.07) is 22.3. The van der Waals surface area contributed by atoms with Gasteiger partial charge in [-0.3, -0.25) is 33.6 Å². The Labute approximate surface area is 366 Å². The molecule has 0 bridgehead atoms. The van der Waals surface area contributed by atoms with Crippen LogP contribution in [0.1, 0.15) is 87.3 Å². The number of carbonyl (C=O) groups excluding carboxylic acids is 7. The second kappa shape index (κ2) is 22.7. The lowest BCUT2D eigenvalue weighted by Crippen LogP contribution is -2.64. The van der Waals surface area contributed by atoms with E-state index in [4.69, 9.17) is 17.2 Å². The van der Waals surface area contributed by atoms with Crippen LogP contribution in [0.4, 0.5) is 0 Å². The number of nitrogens with zero attached hydrogens (tertiary/aromatic N) is 1. The monoisotopic (exact) mass is 862 g/mol. The highest BCUT2D eigenvalue weighted by Crippen LogP contribution is 2.38. The van der Waals surface area contributed by atoms with E-state index in [1.54, 1.807) is 30.5 Å². The van der Waals surface area contributed by atoms with E-state index < -0.39 is 71.6 Å². The summed E-state index contributed by atoms with van der Waals surface area (Å²) in [6.45, 7) is 1.47. The van der Waals surface area contributed by atoms with Gasteiger partial charge in [-0.15, -0.1) is 0 Å². The maximum atomic E-state index is 14.6. The van der Waals surface area contributed by atoms with Crippen LogP contribution in [0.2, 0.25) is 0 Å². The molecule has 0 aliphatic heterocycles. The predicted octanol–water partition coefficient (Wildman–Crippen LogP) is 1.99. The second-order valence-corrected chi connectivity index (χ2v) is 16.0. The fourth-order valence-corrected chi connectivity index (χ4v) is 7.91. The number of guanidine groups is 1. The zero-order chi connectivity index (χ0) is 45.4. The standard InChI is InChI=1S/C46H58N10O7/c1-2-3-18-40(59)56-46(23-21-31(22-24-46)30-14-8-5-9-15-30)44(63)54-36(25-29-12-6-4-7-13-29)43(62)52-35(19-20-39(58)55-45(48)49)42(61)53-37(41(60)51-28-38(47)57)26-32-27-50-34-17-11-10-16-33(32)34/h4-17,27,31,35-37,50H,2-3,18-26,28H2,1H3,(H2,47,57)(H,51,60)(H,52,62)(H,53,61)(H,54,63)(H,56,59)(H4,48,49,55,58). The van der Waals surface area contributed by atoms with Crippen molar-refractivity contribution in [2.24, 2.45) is 22.2 Å². The zero-order valence-electron chi connectivity index (χ0n) is 35.5. The van der Waals surface area contributed by atoms with Gasteiger partial charge in [-0.1, -0.05) is 92.2 Å². The number of amides is 7. The van der Waals surface area contributed by atoms with Crippen molar-refractivity contribution in [2.45, 2.75) is 107 Å². The number of H-pyrrole nitrogens is 1. The summed E-state index contributed by atoms with van der Waals surface area (Å²) in [6.07, 6.45) is 4.51. The van der Waals surface area contributed by atoms with Gasteiger partial charge in [0, 0.05) is 42.8 Å². The van der Waals surface area contributed by atoms with Gasteiger partial charge in [0.2, 0.25) is 41.4 Å². The number of aliphatic imine (C=N–C) groups is 1. The maximum absolute atomic E-state index is 14.6. The minimum Gasteiger partial charge on any atom is -0.370 e. The third-order valence-corrected chi connectivity index (χ3v) is 11.3. The molecule has 12 N–H and O–H groups in total. The summed E-state index contributed by atoms with van der Waals surface area (Å²) in [7, 11) is 0. The van der Waals surface area contributed by atoms with Crippen molar-refractivity contribution >= 4 is 58.2 Å². The predicted molar refractivity (Wildman–Crippen MR) is 238 cm³/mol. The van der Waals surface area contributed by atoms with Crippen molar-refractivity contribution in [3.63, 3.8) is 0 Å². The number of aromatic amines is 1.